The van der Waals surface area contributed by atoms with Crippen LogP contribution in [0.25, 0.3) is 0 Å². The van der Waals surface area contributed by atoms with Crippen molar-refractivity contribution in [3.63, 3.8) is 0 Å². The third-order valence-corrected chi connectivity index (χ3v) is 2.87. The van der Waals surface area contributed by atoms with Gasteiger partial charge in [0, 0.05) is 31.4 Å². The van der Waals surface area contributed by atoms with E-state index < -0.39 is 6.09 Å². The van der Waals surface area contributed by atoms with Gasteiger partial charge in [-0.1, -0.05) is 0 Å². The molecular weight excluding hydrogens is 244 g/mol. The van der Waals surface area contributed by atoms with E-state index >= 15 is 0 Å². The average Bonchev–Trinajstić information content (AvgIpc) is 2.30. The Hall–Kier alpha value is -0.970. The standard InChI is InChI=1S/C11H19ClN2O3/c1-2-17-11(16)13-9-4-3-7-14(8-9)10(15)5-6-12/h9H,2-8H2,1H3,(H,13,16). The lowest BCUT2D eigenvalue weighted by atomic mass is 10.1. The molecule has 0 bridgehead atoms. The van der Waals surface area contributed by atoms with Gasteiger partial charge in [0.15, 0.2) is 0 Å². The van der Waals surface area contributed by atoms with E-state index in [1.807, 2.05) is 0 Å². The number of halogens is 1. The summed E-state index contributed by atoms with van der Waals surface area (Å²) in [6, 6.07) is -0.0120. The van der Waals surface area contributed by atoms with Gasteiger partial charge in [0.25, 0.3) is 0 Å². The number of likely N-dealkylation sites (tertiary alicyclic amines) is 1. The van der Waals surface area contributed by atoms with Gasteiger partial charge in [0.2, 0.25) is 5.91 Å². The second-order valence-corrected chi connectivity index (χ2v) is 4.36. The molecule has 5 nitrogen and oxygen atoms in total. The Morgan fingerprint density at radius 1 is 1.53 bits per heavy atom. The highest BCUT2D eigenvalue weighted by Crippen LogP contribution is 2.11. The molecule has 0 saturated carbocycles. The predicted molar refractivity (Wildman–Crippen MR) is 65.1 cm³/mol. The summed E-state index contributed by atoms with van der Waals surface area (Å²) in [5, 5.41) is 2.76. The Bertz CT molecular complexity index is 273. The van der Waals surface area contributed by atoms with E-state index in [0.29, 0.717) is 25.5 Å². The fourth-order valence-electron chi connectivity index (χ4n) is 1.90. The average molecular weight is 263 g/mol. The van der Waals surface area contributed by atoms with Crippen molar-refractivity contribution in [1.82, 2.24) is 10.2 Å². The Morgan fingerprint density at radius 3 is 2.94 bits per heavy atom. The van der Waals surface area contributed by atoms with Crippen molar-refractivity contribution in [2.45, 2.75) is 32.2 Å². The summed E-state index contributed by atoms with van der Waals surface area (Å²) in [4.78, 5) is 24.7. The largest absolute Gasteiger partial charge is 0.450 e. The number of nitrogens with one attached hydrogen (secondary N) is 1. The van der Waals surface area contributed by atoms with Crippen LogP contribution >= 0.6 is 11.6 Å². The number of hydrogen-bond acceptors (Lipinski definition) is 3. The zero-order valence-corrected chi connectivity index (χ0v) is 10.8. The summed E-state index contributed by atoms with van der Waals surface area (Å²) in [5.41, 5.74) is 0. The fraction of sp³-hybridized carbons (Fsp3) is 0.818. The molecule has 1 rings (SSSR count). The van der Waals surface area contributed by atoms with Gasteiger partial charge in [-0.3, -0.25) is 4.79 Å². The summed E-state index contributed by atoms with van der Waals surface area (Å²) in [6.45, 7) is 3.41. The number of amides is 2. The molecule has 0 spiro atoms. The SMILES string of the molecule is CCOC(=O)NC1CCCN(C(=O)CCCl)C1. The molecule has 1 heterocycles. The van der Waals surface area contributed by atoms with Crippen LogP contribution < -0.4 is 5.32 Å². The monoisotopic (exact) mass is 262 g/mol. The summed E-state index contributed by atoms with van der Waals surface area (Å²) in [6.07, 6.45) is 1.71. The maximum absolute atomic E-state index is 11.7. The normalized spacial score (nSPS) is 19.9. The second kappa shape index (κ2) is 7.37. The molecule has 1 saturated heterocycles. The Labute approximate surface area is 106 Å². The molecule has 0 aliphatic carbocycles. The summed E-state index contributed by atoms with van der Waals surface area (Å²) < 4.78 is 4.81. The fourth-order valence-corrected chi connectivity index (χ4v) is 2.06. The highest BCUT2D eigenvalue weighted by molar-refractivity contribution is 6.18. The Morgan fingerprint density at radius 2 is 2.29 bits per heavy atom. The van der Waals surface area contributed by atoms with Crippen LogP contribution in [0.4, 0.5) is 4.79 Å². The first-order valence-electron chi connectivity index (χ1n) is 5.94. The first-order valence-corrected chi connectivity index (χ1v) is 6.47. The van der Waals surface area contributed by atoms with E-state index in [2.05, 4.69) is 5.32 Å². The number of carbonyl (C=O) groups is 2. The number of piperidine rings is 1. The molecule has 1 aliphatic rings. The lowest BCUT2D eigenvalue weighted by Crippen LogP contribution is -2.49. The zero-order chi connectivity index (χ0) is 12.7. The quantitative estimate of drug-likeness (QED) is 0.778. The second-order valence-electron chi connectivity index (χ2n) is 3.98. The van der Waals surface area contributed by atoms with Crippen molar-refractivity contribution >= 4 is 23.6 Å². The molecule has 1 unspecified atom stereocenters. The molecule has 1 fully saturated rings. The van der Waals surface area contributed by atoms with Gasteiger partial charge in [0.1, 0.15) is 0 Å². The first kappa shape index (κ1) is 14.1. The van der Waals surface area contributed by atoms with Crippen LogP contribution in [0.1, 0.15) is 26.2 Å². The van der Waals surface area contributed by atoms with Gasteiger partial charge in [-0.15, -0.1) is 11.6 Å². The highest BCUT2D eigenvalue weighted by atomic mass is 35.5. The lowest BCUT2D eigenvalue weighted by Gasteiger charge is -2.32. The number of alkyl halides is 1. The van der Waals surface area contributed by atoms with Gasteiger partial charge < -0.3 is 15.0 Å². The summed E-state index contributed by atoms with van der Waals surface area (Å²) in [7, 11) is 0. The van der Waals surface area contributed by atoms with Gasteiger partial charge >= 0.3 is 6.09 Å². The molecule has 1 N–H and O–H groups in total. The van der Waals surface area contributed by atoms with Crippen LogP contribution in [0.3, 0.4) is 0 Å². The van der Waals surface area contributed by atoms with Crippen molar-refractivity contribution < 1.29 is 14.3 Å². The number of rotatable bonds is 4. The molecule has 1 aliphatic heterocycles. The number of carbonyl (C=O) groups excluding carboxylic acids is 2. The zero-order valence-electron chi connectivity index (χ0n) is 10.1. The molecule has 2 amide bonds. The van der Waals surface area contributed by atoms with Crippen LogP contribution in [0.5, 0.6) is 0 Å². The Kier molecular flexibility index (Phi) is 6.11. The van der Waals surface area contributed by atoms with Crippen molar-refractivity contribution in [2.75, 3.05) is 25.6 Å². The van der Waals surface area contributed by atoms with Crippen molar-refractivity contribution in [3.8, 4) is 0 Å². The van der Waals surface area contributed by atoms with Gasteiger partial charge in [0.05, 0.1) is 6.61 Å². The topological polar surface area (TPSA) is 58.6 Å². The van der Waals surface area contributed by atoms with Gasteiger partial charge in [-0.25, -0.2) is 4.79 Å². The van der Waals surface area contributed by atoms with Gasteiger partial charge in [-0.2, -0.15) is 0 Å². The molecule has 98 valence electrons. The lowest BCUT2D eigenvalue weighted by molar-refractivity contribution is -0.132. The number of ether oxygens (including phenoxy) is 1. The van der Waals surface area contributed by atoms with E-state index in [0.717, 1.165) is 19.4 Å². The third-order valence-electron chi connectivity index (χ3n) is 2.68. The number of nitrogens with zero attached hydrogens (tertiary/aromatic N) is 1. The van der Waals surface area contributed by atoms with Crippen LogP contribution in [0, 0.1) is 0 Å². The minimum atomic E-state index is -0.413. The molecule has 0 aromatic rings. The molecule has 0 aromatic carbocycles. The van der Waals surface area contributed by atoms with Crippen LogP contribution in [0.15, 0.2) is 0 Å². The molecule has 17 heavy (non-hydrogen) atoms. The maximum atomic E-state index is 11.7. The van der Waals surface area contributed by atoms with Crippen LogP contribution in [0.2, 0.25) is 0 Å². The smallest absolute Gasteiger partial charge is 0.407 e. The van der Waals surface area contributed by atoms with E-state index in [-0.39, 0.29) is 11.9 Å². The summed E-state index contributed by atoms with van der Waals surface area (Å²) in [5.74, 6) is 0.390. The molecule has 6 heteroatoms. The molecule has 0 aromatic heterocycles. The van der Waals surface area contributed by atoms with Crippen LogP contribution in [-0.2, 0) is 9.53 Å². The molecule has 0 radical (unpaired) electrons. The van der Waals surface area contributed by atoms with E-state index in [4.69, 9.17) is 16.3 Å². The van der Waals surface area contributed by atoms with E-state index in [1.165, 1.54) is 0 Å². The predicted octanol–water partition coefficient (Wildman–Crippen LogP) is 1.35. The first-order chi connectivity index (χ1) is 8.17. The highest BCUT2D eigenvalue weighted by Gasteiger charge is 2.24. The Balaban J connectivity index is 2.38. The number of alkyl carbamates (subject to hydrolysis) is 1. The minimum Gasteiger partial charge on any atom is -0.450 e. The van der Waals surface area contributed by atoms with Crippen molar-refractivity contribution in [1.29, 1.82) is 0 Å². The van der Waals surface area contributed by atoms with Crippen molar-refractivity contribution in [2.24, 2.45) is 0 Å². The minimum absolute atomic E-state index is 0.0120. The van der Waals surface area contributed by atoms with Gasteiger partial charge in [-0.05, 0) is 19.8 Å². The van der Waals surface area contributed by atoms with Crippen LogP contribution in [-0.4, -0.2) is 48.5 Å². The molecular formula is C11H19ClN2O3. The summed E-state index contributed by atoms with van der Waals surface area (Å²) >= 11 is 5.54. The van der Waals surface area contributed by atoms with E-state index in [9.17, 15) is 9.59 Å². The molecule has 1 atom stereocenters. The third kappa shape index (κ3) is 4.81. The van der Waals surface area contributed by atoms with Crippen molar-refractivity contribution in [3.05, 3.63) is 0 Å². The maximum Gasteiger partial charge on any atom is 0.407 e. The number of hydrogen-bond donors (Lipinski definition) is 1. The van der Waals surface area contributed by atoms with E-state index in [1.54, 1.807) is 11.8 Å².